The summed E-state index contributed by atoms with van der Waals surface area (Å²) in [5.41, 5.74) is 0.812. The average Bonchev–Trinajstić information content (AvgIpc) is 3.16. The first-order valence-corrected chi connectivity index (χ1v) is 16.1. The van der Waals surface area contributed by atoms with Crippen LogP contribution in [0.25, 0.3) is 0 Å². The second-order valence-electron chi connectivity index (χ2n) is 15.2. The minimum atomic E-state index is -0.598. The van der Waals surface area contributed by atoms with Gasteiger partial charge in [0.05, 0.1) is 18.4 Å². The molecule has 0 radical (unpaired) electrons. The van der Waals surface area contributed by atoms with Crippen LogP contribution in [0.3, 0.4) is 0 Å². The molecule has 5 atom stereocenters. The Balaban J connectivity index is 1.68. The number of esters is 3. The van der Waals surface area contributed by atoms with Gasteiger partial charge in [-0.25, -0.2) is 4.79 Å². The van der Waals surface area contributed by atoms with Gasteiger partial charge in [0.1, 0.15) is 18.3 Å². The van der Waals surface area contributed by atoms with Gasteiger partial charge in [-0.1, -0.05) is 101 Å². The van der Waals surface area contributed by atoms with Gasteiger partial charge in [0.2, 0.25) is 0 Å². The minimum absolute atomic E-state index is 0.0276. The number of hydrogen-bond acceptors (Lipinski definition) is 6. The highest BCUT2D eigenvalue weighted by Gasteiger charge is 2.55. The van der Waals surface area contributed by atoms with Crippen molar-refractivity contribution < 1.29 is 28.6 Å². The zero-order chi connectivity index (χ0) is 31.7. The molecule has 0 heterocycles. The number of rotatable bonds is 11. The van der Waals surface area contributed by atoms with Crippen LogP contribution in [0.2, 0.25) is 0 Å². The number of carbonyl (C=O) groups excluding carboxylic acids is 3. The van der Waals surface area contributed by atoms with Gasteiger partial charge in [-0.2, -0.15) is 0 Å². The number of benzene rings is 1. The first-order valence-electron chi connectivity index (χ1n) is 16.1. The van der Waals surface area contributed by atoms with Crippen LogP contribution in [-0.2, 0) is 23.8 Å². The number of ether oxygens (including phenoxy) is 3. The summed E-state index contributed by atoms with van der Waals surface area (Å²) in [6, 6.07) is 7.26. The largest absolute Gasteiger partial charge is 0.462 e. The van der Waals surface area contributed by atoms with E-state index in [1.54, 1.807) is 6.07 Å². The Morgan fingerprint density at radius 2 is 1.26 bits per heavy atom. The number of hydrogen-bond donors (Lipinski definition) is 0. The Hall–Kier alpha value is -2.37. The van der Waals surface area contributed by atoms with Gasteiger partial charge in [-0.05, 0) is 54.4 Å². The molecule has 0 aliphatic heterocycles. The van der Waals surface area contributed by atoms with Crippen molar-refractivity contribution in [3.8, 4) is 0 Å². The van der Waals surface area contributed by atoms with Gasteiger partial charge in [0.15, 0.2) is 0 Å². The molecule has 236 valence electrons. The second-order valence-corrected chi connectivity index (χ2v) is 15.2. The SMILES string of the molecule is CCCCC(OC(=O)CCC(=O)O[C@@H]1C[C@H](C)C(C)(C)C1(C)C)c1ccccc1C(=O)O[C@@H]1C[C@H](C)C(C)(C)C1(C)C. The van der Waals surface area contributed by atoms with Crippen molar-refractivity contribution in [2.24, 2.45) is 33.5 Å². The molecule has 1 aromatic rings. The van der Waals surface area contributed by atoms with Gasteiger partial charge < -0.3 is 14.2 Å². The predicted octanol–water partition coefficient (Wildman–Crippen LogP) is 8.86. The van der Waals surface area contributed by atoms with E-state index in [0.29, 0.717) is 29.4 Å². The molecule has 0 spiro atoms. The van der Waals surface area contributed by atoms with E-state index in [1.165, 1.54) is 0 Å². The second kappa shape index (κ2) is 12.7. The Morgan fingerprint density at radius 3 is 1.76 bits per heavy atom. The molecular weight excluding hydrogens is 528 g/mol. The van der Waals surface area contributed by atoms with Crippen molar-refractivity contribution in [3.05, 3.63) is 35.4 Å². The molecule has 2 saturated carbocycles. The number of unbranched alkanes of at least 4 members (excludes halogenated alkanes) is 1. The summed E-state index contributed by atoms with van der Waals surface area (Å²) in [4.78, 5) is 39.4. The molecule has 6 heteroatoms. The first kappa shape index (κ1) is 34.1. The quantitative estimate of drug-likeness (QED) is 0.191. The smallest absolute Gasteiger partial charge is 0.338 e. The molecule has 42 heavy (non-hydrogen) atoms. The zero-order valence-electron chi connectivity index (χ0n) is 28.1. The van der Waals surface area contributed by atoms with Crippen LogP contribution in [0.15, 0.2) is 24.3 Å². The van der Waals surface area contributed by atoms with E-state index >= 15 is 0 Å². The van der Waals surface area contributed by atoms with Crippen molar-refractivity contribution in [1.29, 1.82) is 0 Å². The predicted molar refractivity (Wildman–Crippen MR) is 166 cm³/mol. The van der Waals surface area contributed by atoms with E-state index in [2.05, 4.69) is 76.2 Å². The Kier molecular flexibility index (Phi) is 10.3. The molecule has 6 nitrogen and oxygen atoms in total. The highest BCUT2D eigenvalue weighted by Crippen LogP contribution is 2.57. The van der Waals surface area contributed by atoms with E-state index in [9.17, 15) is 14.4 Å². The third-order valence-electron chi connectivity index (χ3n) is 12.2. The Labute approximate surface area is 254 Å². The van der Waals surface area contributed by atoms with Gasteiger partial charge in [0.25, 0.3) is 0 Å². The van der Waals surface area contributed by atoms with E-state index in [0.717, 1.165) is 25.7 Å². The monoisotopic (exact) mass is 584 g/mol. The summed E-state index contributed by atoms with van der Waals surface area (Å²) in [7, 11) is 0. The van der Waals surface area contributed by atoms with Crippen molar-refractivity contribution >= 4 is 17.9 Å². The van der Waals surface area contributed by atoms with Gasteiger partial charge in [-0.3, -0.25) is 9.59 Å². The molecule has 1 aromatic carbocycles. The fourth-order valence-corrected chi connectivity index (χ4v) is 6.77. The van der Waals surface area contributed by atoms with Gasteiger partial charge in [-0.15, -0.1) is 0 Å². The van der Waals surface area contributed by atoms with Crippen molar-refractivity contribution in [2.75, 3.05) is 0 Å². The normalized spacial score (nSPS) is 27.7. The maximum absolute atomic E-state index is 13.6. The topological polar surface area (TPSA) is 78.9 Å². The van der Waals surface area contributed by atoms with E-state index in [-0.39, 0.29) is 58.6 Å². The van der Waals surface area contributed by atoms with E-state index < -0.39 is 12.1 Å². The lowest BCUT2D eigenvalue weighted by Crippen LogP contribution is -2.38. The Bertz CT molecular complexity index is 1130. The summed E-state index contributed by atoms with van der Waals surface area (Å²) in [6.07, 6.45) is 2.88. The Morgan fingerprint density at radius 1 is 0.762 bits per heavy atom. The molecular formula is C36H56O6. The zero-order valence-corrected chi connectivity index (χ0v) is 28.1. The van der Waals surface area contributed by atoms with Crippen LogP contribution < -0.4 is 0 Å². The third kappa shape index (κ3) is 6.58. The minimum Gasteiger partial charge on any atom is -0.462 e. The van der Waals surface area contributed by atoms with Crippen molar-refractivity contribution in [2.45, 2.75) is 139 Å². The summed E-state index contributed by atoms with van der Waals surface area (Å²) in [5.74, 6) is -0.384. The van der Waals surface area contributed by atoms with Crippen LogP contribution >= 0.6 is 0 Å². The molecule has 3 rings (SSSR count). The van der Waals surface area contributed by atoms with Crippen LogP contribution in [0, 0.1) is 33.5 Å². The molecule has 0 N–H and O–H groups in total. The summed E-state index contributed by atoms with van der Waals surface area (Å²) in [5, 5.41) is 0. The summed E-state index contributed by atoms with van der Waals surface area (Å²) >= 11 is 0. The van der Waals surface area contributed by atoms with Crippen LogP contribution in [0.5, 0.6) is 0 Å². The lowest BCUT2D eigenvalue weighted by molar-refractivity contribution is -0.160. The molecule has 0 saturated heterocycles. The fourth-order valence-electron chi connectivity index (χ4n) is 6.77. The molecule has 0 aromatic heterocycles. The summed E-state index contributed by atoms with van der Waals surface area (Å²) < 4.78 is 18.0. The van der Waals surface area contributed by atoms with Crippen molar-refractivity contribution in [1.82, 2.24) is 0 Å². The highest BCUT2D eigenvalue weighted by molar-refractivity contribution is 5.91. The molecule has 2 aliphatic rings. The lowest BCUT2D eigenvalue weighted by atomic mass is 9.67. The highest BCUT2D eigenvalue weighted by atomic mass is 16.6. The van der Waals surface area contributed by atoms with Crippen LogP contribution in [0.1, 0.15) is 143 Å². The van der Waals surface area contributed by atoms with E-state index in [4.69, 9.17) is 14.2 Å². The van der Waals surface area contributed by atoms with Crippen LogP contribution in [0.4, 0.5) is 0 Å². The molecule has 0 amide bonds. The van der Waals surface area contributed by atoms with Gasteiger partial charge >= 0.3 is 17.9 Å². The lowest BCUT2D eigenvalue weighted by Gasteiger charge is -2.40. The fraction of sp³-hybridized carbons (Fsp3) is 0.750. The third-order valence-corrected chi connectivity index (χ3v) is 12.2. The van der Waals surface area contributed by atoms with Crippen molar-refractivity contribution in [3.63, 3.8) is 0 Å². The van der Waals surface area contributed by atoms with Gasteiger partial charge in [0, 0.05) is 16.4 Å². The molecule has 2 fully saturated rings. The molecule has 2 aliphatic carbocycles. The molecule has 1 unspecified atom stereocenters. The standard InChI is InChI=1S/C36H56O6/c1-12-13-18-27(40-30(37)19-20-31(38)41-28-21-23(2)33(4,5)35(28,8)9)25-16-14-15-17-26(25)32(39)42-29-22-24(3)34(6,7)36(29,10)11/h14-17,23-24,27-29H,12-13,18-22H2,1-11H3/t23-,24-,27?,28+,29+/m0/s1. The van der Waals surface area contributed by atoms with E-state index in [1.807, 2.05) is 18.2 Å². The van der Waals surface area contributed by atoms with Crippen LogP contribution in [-0.4, -0.2) is 30.1 Å². The first-order chi connectivity index (χ1) is 19.4. The average molecular weight is 585 g/mol. The maximum atomic E-state index is 13.6. The number of carbonyl (C=O) groups is 3. The maximum Gasteiger partial charge on any atom is 0.338 e. The summed E-state index contributed by atoms with van der Waals surface area (Å²) in [6.45, 7) is 24.1. The molecule has 0 bridgehead atoms.